The number of aryl methyl sites for hydroxylation is 1. The smallest absolute Gasteiger partial charge is 0.169 e. The number of nitrogens with one attached hydrogen (secondary N) is 1. The first kappa shape index (κ1) is 10.8. The minimum absolute atomic E-state index is 0.420. The summed E-state index contributed by atoms with van der Waals surface area (Å²) < 4.78 is 0. The Morgan fingerprint density at radius 3 is 2.56 bits per heavy atom. The molecule has 0 bridgehead atoms. The molecule has 16 heavy (non-hydrogen) atoms. The maximum Gasteiger partial charge on any atom is 0.169 e. The minimum Gasteiger partial charge on any atom is -0.352 e. The highest BCUT2D eigenvalue weighted by Crippen LogP contribution is 2.22. The van der Waals surface area contributed by atoms with Crippen LogP contribution in [0.4, 0.5) is 5.82 Å². The molecule has 0 saturated carbocycles. The van der Waals surface area contributed by atoms with Gasteiger partial charge in [-0.3, -0.25) is 0 Å². The van der Waals surface area contributed by atoms with Gasteiger partial charge in [-0.05, 0) is 19.4 Å². The fourth-order valence-corrected chi connectivity index (χ4v) is 1.70. The summed E-state index contributed by atoms with van der Waals surface area (Å²) in [5.41, 5.74) is 2.38. The van der Waals surface area contributed by atoms with Crippen molar-refractivity contribution in [1.82, 2.24) is 15.5 Å². The van der Waals surface area contributed by atoms with Gasteiger partial charge in [-0.25, -0.2) is 0 Å². The lowest BCUT2D eigenvalue weighted by Gasteiger charge is -2.36. The van der Waals surface area contributed by atoms with Gasteiger partial charge >= 0.3 is 0 Å². The molecule has 0 aromatic carbocycles. The van der Waals surface area contributed by atoms with Gasteiger partial charge in [0.2, 0.25) is 0 Å². The number of nitriles is 1. The third-order valence-electron chi connectivity index (χ3n) is 3.19. The first-order valence-electron chi connectivity index (χ1n) is 5.32. The van der Waals surface area contributed by atoms with Gasteiger partial charge in [0.25, 0.3) is 0 Å². The van der Waals surface area contributed by atoms with Gasteiger partial charge in [-0.1, -0.05) is 0 Å². The summed E-state index contributed by atoms with van der Waals surface area (Å²) in [6.45, 7) is 5.67. The molecule has 0 atom stereocenters. The summed E-state index contributed by atoms with van der Waals surface area (Å²) in [6.07, 6.45) is 0. The molecule has 84 valence electrons. The minimum atomic E-state index is 0.420. The largest absolute Gasteiger partial charge is 0.352 e. The normalized spacial score (nSPS) is 15.4. The zero-order valence-corrected chi connectivity index (χ0v) is 9.78. The molecule has 1 aliphatic rings. The van der Waals surface area contributed by atoms with E-state index in [1.807, 2.05) is 25.8 Å². The predicted molar refractivity (Wildman–Crippen MR) is 61.3 cm³/mol. The van der Waals surface area contributed by atoms with Crippen LogP contribution in [0.15, 0.2) is 0 Å². The Morgan fingerprint density at radius 1 is 1.38 bits per heavy atom. The Kier molecular flexibility index (Phi) is 2.75. The van der Waals surface area contributed by atoms with Crippen molar-refractivity contribution in [3.63, 3.8) is 0 Å². The Labute approximate surface area is 95.1 Å². The first-order valence-corrected chi connectivity index (χ1v) is 5.32. The summed E-state index contributed by atoms with van der Waals surface area (Å²) in [4.78, 5) is 2.04. The summed E-state index contributed by atoms with van der Waals surface area (Å²) in [6, 6.07) is 2.64. The van der Waals surface area contributed by atoms with Crippen molar-refractivity contribution in [3.8, 4) is 6.07 Å². The monoisotopic (exact) mass is 217 g/mol. The van der Waals surface area contributed by atoms with E-state index in [4.69, 9.17) is 0 Å². The average molecular weight is 217 g/mol. The zero-order valence-electron chi connectivity index (χ0n) is 9.78. The van der Waals surface area contributed by atoms with Crippen molar-refractivity contribution < 1.29 is 0 Å². The van der Waals surface area contributed by atoms with Crippen molar-refractivity contribution in [1.29, 1.82) is 5.26 Å². The van der Waals surface area contributed by atoms with E-state index < -0.39 is 0 Å². The number of rotatable bonds is 2. The molecule has 1 saturated heterocycles. The Hall–Kier alpha value is -1.67. The van der Waals surface area contributed by atoms with Gasteiger partial charge in [0.05, 0.1) is 11.7 Å². The number of likely N-dealkylation sites (N-methyl/N-ethyl adjacent to an activating group) is 1. The van der Waals surface area contributed by atoms with E-state index >= 15 is 0 Å². The number of hydrogen-bond acceptors (Lipinski definition) is 5. The third-order valence-corrected chi connectivity index (χ3v) is 3.19. The van der Waals surface area contributed by atoms with Crippen LogP contribution >= 0.6 is 0 Å². The van der Waals surface area contributed by atoms with Gasteiger partial charge in [0.1, 0.15) is 11.6 Å². The molecule has 1 N–H and O–H groups in total. The van der Waals surface area contributed by atoms with E-state index in [-0.39, 0.29) is 0 Å². The van der Waals surface area contributed by atoms with E-state index in [1.54, 1.807) is 0 Å². The first-order chi connectivity index (χ1) is 7.65. The van der Waals surface area contributed by atoms with E-state index in [9.17, 15) is 5.26 Å². The molecule has 1 aliphatic heterocycles. The molecule has 5 nitrogen and oxygen atoms in total. The summed E-state index contributed by atoms with van der Waals surface area (Å²) >= 11 is 0. The third kappa shape index (κ3) is 1.61. The number of nitrogens with zero attached hydrogens (tertiary/aromatic N) is 4. The second kappa shape index (κ2) is 4.06. The Morgan fingerprint density at radius 2 is 2.06 bits per heavy atom. The van der Waals surface area contributed by atoms with Crippen LogP contribution in [0.3, 0.4) is 0 Å². The fourth-order valence-electron chi connectivity index (χ4n) is 1.70. The van der Waals surface area contributed by atoms with Crippen LogP contribution in [0.2, 0.25) is 0 Å². The van der Waals surface area contributed by atoms with Gasteiger partial charge in [0, 0.05) is 20.1 Å². The van der Waals surface area contributed by atoms with Crippen LogP contribution in [-0.2, 0) is 0 Å². The topological polar surface area (TPSA) is 64.8 Å². The van der Waals surface area contributed by atoms with Crippen LogP contribution < -0.4 is 10.2 Å². The molecule has 0 unspecified atom stereocenters. The molecular formula is C11H15N5. The van der Waals surface area contributed by atoms with Crippen LogP contribution in [0, 0.1) is 25.2 Å². The maximum absolute atomic E-state index is 9.19. The lowest BCUT2D eigenvalue weighted by atomic mass is 10.1. The molecule has 1 fully saturated rings. The molecule has 1 aromatic rings. The zero-order chi connectivity index (χ0) is 11.7. The highest BCUT2D eigenvalue weighted by Gasteiger charge is 2.25. The Bertz CT molecular complexity index is 444. The quantitative estimate of drug-likeness (QED) is 0.775. The Balaban J connectivity index is 2.40. The summed E-state index contributed by atoms with van der Waals surface area (Å²) in [7, 11) is 1.96. The number of anilines is 1. The van der Waals surface area contributed by atoms with Gasteiger partial charge in [-0.2, -0.15) is 10.4 Å². The van der Waals surface area contributed by atoms with Crippen LogP contribution in [0.5, 0.6) is 0 Å². The van der Waals surface area contributed by atoms with Crippen LogP contribution in [-0.4, -0.2) is 36.4 Å². The lowest BCUT2D eigenvalue weighted by molar-refractivity contribution is 0.425. The SMILES string of the molecule is Cc1nnc(N(C)C2CNC2)c(C#N)c1C. The van der Waals surface area contributed by atoms with E-state index in [0.29, 0.717) is 17.4 Å². The second-order valence-electron chi connectivity index (χ2n) is 4.14. The average Bonchev–Trinajstić information content (AvgIpc) is 2.19. The summed E-state index contributed by atoms with van der Waals surface area (Å²) in [5.74, 6) is 0.692. The molecule has 5 heteroatoms. The highest BCUT2D eigenvalue weighted by atomic mass is 15.3. The number of aromatic nitrogens is 2. The molecule has 1 aromatic heterocycles. The molecule has 0 radical (unpaired) electrons. The fraction of sp³-hybridized carbons (Fsp3) is 0.545. The van der Waals surface area contributed by atoms with Crippen molar-refractivity contribution in [3.05, 3.63) is 16.8 Å². The van der Waals surface area contributed by atoms with Crippen LogP contribution in [0.25, 0.3) is 0 Å². The summed E-state index contributed by atoms with van der Waals surface area (Å²) in [5, 5.41) is 20.6. The van der Waals surface area contributed by atoms with Crippen molar-refractivity contribution >= 4 is 5.82 Å². The molecule has 0 spiro atoms. The standard InChI is InChI=1S/C11H15N5/c1-7-8(2)14-15-11(10(7)4-12)16(3)9-5-13-6-9/h9,13H,5-6H2,1-3H3. The predicted octanol–water partition coefficient (Wildman–Crippen LogP) is 0.373. The van der Waals surface area contributed by atoms with Gasteiger partial charge in [0.15, 0.2) is 5.82 Å². The molecule has 2 rings (SSSR count). The lowest BCUT2D eigenvalue weighted by Crippen LogP contribution is -2.56. The van der Waals surface area contributed by atoms with E-state index in [2.05, 4.69) is 21.6 Å². The molecular weight excluding hydrogens is 202 g/mol. The molecule has 0 amide bonds. The van der Waals surface area contributed by atoms with Crippen LogP contribution in [0.1, 0.15) is 16.8 Å². The van der Waals surface area contributed by atoms with E-state index in [0.717, 1.165) is 24.3 Å². The molecule has 0 aliphatic carbocycles. The van der Waals surface area contributed by atoms with E-state index in [1.165, 1.54) is 0 Å². The van der Waals surface area contributed by atoms with Gasteiger partial charge < -0.3 is 10.2 Å². The number of hydrogen-bond donors (Lipinski definition) is 1. The maximum atomic E-state index is 9.19. The molecule has 2 heterocycles. The second-order valence-corrected chi connectivity index (χ2v) is 4.14. The van der Waals surface area contributed by atoms with Crippen molar-refractivity contribution in [2.45, 2.75) is 19.9 Å². The van der Waals surface area contributed by atoms with Crippen molar-refractivity contribution in [2.75, 3.05) is 25.0 Å². The van der Waals surface area contributed by atoms with Gasteiger partial charge in [-0.15, -0.1) is 5.10 Å². The van der Waals surface area contributed by atoms with Crippen molar-refractivity contribution in [2.24, 2.45) is 0 Å². The highest BCUT2D eigenvalue weighted by molar-refractivity contribution is 5.57.